The predicted molar refractivity (Wildman–Crippen MR) is 111 cm³/mol. The van der Waals surface area contributed by atoms with Crippen molar-refractivity contribution in [2.45, 2.75) is 26.3 Å². The Kier molecular flexibility index (Phi) is 6.16. The van der Waals surface area contributed by atoms with Crippen LogP contribution in [0.15, 0.2) is 34.9 Å². The molecule has 1 aromatic carbocycles. The van der Waals surface area contributed by atoms with Crippen molar-refractivity contribution in [2.24, 2.45) is 5.92 Å². The second-order valence-electron chi connectivity index (χ2n) is 8.21. The molecule has 2 atom stereocenters. The molecule has 156 valence electrons. The van der Waals surface area contributed by atoms with Crippen LogP contribution in [0.1, 0.15) is 17.0 Å². The van der Waals surface area contributed by atoms with E-state index in [-0.39, 0.29) is 17.9 Å². The molecule has 0 radical (unpaired) electrons. The van der Waals surface area contributed by atoms with Gasteiger partial charge >= 0.3 is 0 Å². The highest BCUT2D eigenvalue weighted by molar-refractivity contribution is 5.78. The van der Waals surface area contributed by atoms with Crippen molar-refractivity contribution in [3.8, 4) is 0 Å². The summed E-state index contributed by atoms with van der Waals surface area (Å²) in [4.78, 5) is 17.2. The van der Waals surface area contributed by atoms with E-state index in [1.165, 1.54) is 11.3 Å². The fourth-order valence-corrected chi connectivity index (χ4v) is 4.17. The highest BCUT2D eigenvalue weighted by atomic mass is 16.5. The quantitative estimate of drug-likeness (QED) is 0.800. The lowest BCUT2D eigenvalue weighted by atomic mass is 9.98. The third-order valence-corrected chi connectivity index (χ3v) is 5.79. The zero-order valence-electron chi connectivity index (χ0n) is 17.3. The van der Waals surface area contributed by atoms with Crippen LogP contribution in [0.2, 0.25) is 0 Å². The number of aromatic nitrogens is 1. The van der Waals surface area contributed by atoms with Gasteiger partial charge in [0.1, 0.15) is 5.76 Å². The monoisotopic (exact) mass is 398 g/mol. The van der Waals surface area contributed by atoms with E-state index >= 15 is 0 Å². The van der Waals surface area contributed by atoms with Crippen LogP contribution in [0.5, 0.6) is 0 Å². The maximum Gasteiger partial charge on any atom is 0.234 e. The molecule has 7 heteroatoms. The van der Waals surface area contributed by atoms with Gasteiger partial charge in [0, 0.05) is 50.3 Å². The number of anilines is 1. The van der Waals surface area contributed by atoms with Crippen molar-refractivity contribution in [1.82, 2.24) is 15.4 Å². The maximum atomic E-state index is 12.6. The Bertz CT molecular complexity index is 829. The molecule has 0 unspecified atom stereocenters. The van der Waals surface area contributed by atoms with Crippen molar-refractivity contribution in [2.75, 3.05) is 50.8 Å². The molecule has 1 amide bonds. The third kappa shape index (κ3) is 5.16. The molecular formula is C22H30N4O3. The molecular weight excluding hydrogens is 368 g/mol. The summed E-state index contributed by atoms with van der Waals surface area (Å²) in [6.45, 7) is 9.33. The Balaban J connectivity index is 1.23. The topological polar surface area (TPSA) is 70.8 Å². The molecule has 3 heterocycles. The predicted octanol–water partition coefficient (Wildman–Crippen LogP) is 1.79. The van der Waals surface area contributed by atoms with Crippen LogP contribution in [0, 0.1) is 19.8 Å². The van der Waals surface area contributed by atoms with E-state index in [1.54, 1.807) is 0 Å². The number of carbonyl (C=O) groups is 1. The van der Waals surface area contributed by atoms with Gasteiger partial charge in [0.15, 0.2) is 0 Å². The number of nitrogens with zero attached hydrogens (tertiary/aromatic N) is 3. The molecule has 1 aromatic heterocycles. The van der Waals surface area contributed by atoms with Crippen molar-refractivity contribution >= 4 is 11.6 Å². The number of carbonyl (C=O) groups excluding carboxylic acids is 1. The normalized spacial score (nSPS) is 22.8. The van der Waals surface area contributed by atoms with Gasteiger partial charge in [0.2, 0.25) is 5.91 Å². The Morgan fingerprint density at radius 1 is 1.17 bits per heavy atom. The van der Waals surface area contributed by atoms with Gasteiger partial charge in [-0.15, -0.1) is 0 Å². The van der Waals surface area contributed by atoms with Gasteiger partial charge in [-0.05, 0) is 31.5 Å². The Hall–Kier alpha value is -2.38. The second-order valence-corrected chi connectivity index (χ2v) is 8.21. The summed E-state index contributed by atoms with van der Waals surface area (Å²) < 4.78 is 10.9. The first-order valence-corrected chi connectivity index (χ1v) is 10.4. The maximum absolute atomic E-state index is 12.6. The first kappa shape index (κ1) is 19.9. The van der Waals surface area contributed by atoms with Crippen molar-refractivity contribution in [1.29, 1.82) is 0 Å². The van der Waals surface area contributed by atoms with Gasteiger partial charge < -0.3 is 19.5 Å². The molecule has 2 aromatic rings. The molecule has 0 spiro atoms. The number of aryl methyl sites for hydroxylation is 2. The molecule has 2 saturated heterocycles. The van der Waals surface area contributed by atoms with Crippen LogP contribution < -0.4 is 10.2 Å². The fraction of sp³-hybridized carbons (Fsp3) is 0.545. The number of hydrogen-bond donors (Lipinski definition) is 1. The van der Waals surface area contributed by atoms with E-state index in [4.69, 9.17) is 9.26 Å². The minimum absolute atomic E-state index is 0.0292. The van der Waals surface area contributed by atoms with Crippen molar-refractivity contribution < 1.29 is 14.1 Å². The van der Waals surface area contributed by atoms with E-state index in [1.807, 2.05) is 13.0 Å². The molecule has 2 aliphatic heterocycles. The van der Waals surface area contributed by atoms with Crippen LogP contribution in [0.3, 0.4) is 0 Å². The number of ether oxygens (including phenoxy) is 1. The number of hydrogen-bond acceptors (Lipinski definition) is 6. The van der Waals surface area contributed by atoms with Crippen LogP contribution in [-0.4, -0.2) is 67.9 Å². The summed E-state index contributed by atoms with van der Waals surface area (Å²) in [7, 11) is 0. The lowest BCUT2D eigenvalue weighted by Crippen LogP contribution is -2.51. The molecule has 2 aliphatic rings. The summed E-state index contributed by atoms with van der Waals surface area (Å²) in [5.74, 6) is 1.15. The molecule has 4 rings (SSSR count). The first-order chi connectivity index (χ1) is 14.1. The minimum atomic E-state index is 0.0292. The second kappa shape index (κ2) is 8.97. The van der Waals surface area contributed by atoms with Gasteiger partial charge in [-0.3, -0.25) is 9.69 Å². The average Bonchev–Trinajstić information content (AvgIpc) is 3.31. The lowest BCUT2D eigenvalue weighted by Gasteiger charge is -2.36. The molecule has 7 nitrogen and oxygen atoms in total. The lowest BCUT2D eigenvalue weighted by molar-refractivity contribution is -0.123. The molecule has 0 bridgehead atoms. The first-order valence-electron chi connectivity index (χ1n) is 10.4. The summed E-state index contributed by atoms with van der Waals surface area (Å²) >= 11 is 0. The van der Waals surface area contributed by atoms with Gasteiger partial charge in [-0.25, -0.2) is 0 Å². The van der Waals surface area contributed by atoms with Crippen LogP contribution in [0.25, 0.3) is 0 Å². The Morgan fingerprint density at radius 2 is 2.00 bits per heavy atom. The van der Waals surface area contributed by atoms with Gasteiger partial charge in [0.25, 0.3) is 0 Å². The average molecular weight is 399 g/mol. The van der Waals surface area contributed by atoms with Crippen molar-refractivity contribution in [3.63, 3.8) is 0 Å². The third-order valence-electron chi connectivity index (χ3n) is 5.79. The zero-order valence-corrected chi connectivity index (χ0v) is 17.3. The summed E-state index contributed by atoms with van der Waals surface area (Å²) in [6.07, 6.45) is 0.737. The van der Waals surface area contributed by atoms with Crippen LogP contribution >= 0.6 is 0 Å². The molecule has 2 fully saturated rings. The number of piperazine rings is 1. The molecule has 1 N–H and O–H groups in total. The minimum Gasteiger partial charge on any atom is -0.379 e. The molecule has 0 aliphatic carbocycles. The zero-order chi connectivity index (χ0) is 20.2. The smallest absolute Gasteiger partial charge is 0.234 e. The van der Waals surface area contributed by atoms with E-state index < -0.39 is 0 Å². The highest BCUT2D eigenvalue weighted by Crippen LogP contribution is 2.20. The summed E-state index contributed by atoms with van der Waals surface area (Å²) in [5.41, 5.74) is 3.42. The van der Waals surface area contributed by atoms with E-state index in [0.29, 0.717) is 19.8 Å². The SMILES string of the molecule is Cc1cccc(N2CCN(CC(=O)N[C@H]3COC[C@H]3Cc3cc(C)no3)CC2)c1. The van der Waals surface area contributed by atoms with E-state index in [2.05, 4.69) is 51.5 Å². The summed E-state index contributed by atoms with van der Waals surface area (Å²) in [6, 6.07) is 10.6. The fourth-order valence-electron chi connectivity index (χ4n) is 4.17. The number of nitrogens with one attached hydrogen (secondary N) is 1. The van der Waals surface area contributed by atoms with Crippen molar-refractivity contribution in [3.05, 3.63) is 47.3 Å². The number of rotatable bonds is 6. The van der Waals surface area contributed by atoms with Gasteiger partial charge in [-0.2, -0.15) is 0 Å². The van der Waals surface area contributed by atoms with E-state index in [0.717, 1.165) is 44.1 Å². The number of amides is 1. The summed E-state index contributed by atoms with van der Waals surface area (Å²) in [5, 5.41) is 7.11. The van der Waals surface area contributed by atoms with Crippen LogP contribution in [0.4, 0.5) is 5.69 Å². The highest BCUT2D eigenvalue weighted by Gasteiger charge is 2.31. The number of benzene rings is 1. The molecule has 29 heavy (non-hydrogen) atoms. The van der Waals surface area contributed by atoms with Crippen LogP contribution in [-0.2, 0) is 16.0 Å². The largest absolute Gasteiger partial charge is 0.379 e. The van der Waals surface area contributed by atoms with Gasteiger partial charge in [0.05, 0.1) is 31.5 Å². The Morgan fingerprint density at radius 3 is 2.72 bits per heavy atom. The van der Waals surface area contributed by atoms with E-state index in [9.17, 15) is 4.79 Å². The standard InChI is InChI=1S/C22H30N4O3/c1-16-4-3-5-19(10-16)26-8-6-25(7-9-26)13-22(27)23-21-15-28-14-18(21)12-20-11-17(2)24-29-20/h3-5,10-11,18,21H,6-9,12-15H2,1-2H3,(H,23,27)/t18-,21+/m1/s1. The Labute approximate surface area is 172 Å². The molecule has 0 saturated carbocycles. The van der Waals surface area contributed by atoms with Gasteiger partial charge in [-0.1, -0.05) is 17.3 Å².